The topological polar surface area (TPSA) is 62.1 Å². The van der Waals surface area contributed by atoms with Gasteiger partial charge in [-0.1, -0.05) is 13.8 Å². The molecule has 0 saturated carbocycles. The molecular formula is C16H22N2O4. The van der Waals surface area contributed by atoms with Gasteiger partial charge in [0.2, 0.25) is 0 Å². The number of aromatic nitrogens is 2. The summed E-state index contributed by atoms with van der Waals surface area (Å²) in [6, 6.07) is 3.69. The lowest BCUT2D eigenvalue weighted by Gasteiger charge is -2.07. The molecule has 6 nitrogen and oxygen atoms in total. The van der Waals surface area contributed by atoms with Gasteiger partial charge in [-0.05, 0) is 12.1 Å². The number of carbonyl (C=O) groups is 1. The van der Waals surface area contributed by atoms with Gasteiger partial charge in [0.05, 0.1) is 43.3 Å². The molecule has 2 aromatic rings. The van der Waals surface area contributed by atoms with E-state index in [1.807, 2.05) is 26.0 Å². The van der Waals surface area contributed by atoms with Crippen molar-refractivity contribution < 1.29 is 19.0 Å². The molecule has 2 heterocycles. The van der Waals surface area contributed by atoms with E-state index in [9.17, 15) is 4.79 Å². The van der Waals surface area contributed by atoms with Crippen molar-refractivity contribution in [2.24, 2.45) is 5.92 Å². The van der Waals surface area contributed by atoms with Crippen LogP contribution in [0.1, 0.15) is 24.2 Å². The van der Waals surface area contributed by atoms with E-state index in [-0.39, 0.29) is 11.7 Å². The number of hydrogen-bond acceptors (Lipinski definition) is 5. The second-order valence-electron chi connectivity index (χ2n) is 5.23. The van der Waals surface area contributed by atoms with Gasteiger partial charge in [0, 0.05) is 13.0 Å². The molecule has 0 bridgehead atoms. The Balaban J connectivity index is 1.95. The maximum Gasteiger partial charge on any atom is 0.169 e. The third-order valence-electron chi connectivity index (χ3n) is 3.21. The average molecular weight is 306 g/mol. The van der Waals surface area contributed by atoms with Crippen LogP contribution in [0.5, 0.6) is 5.75 Å². The van der Waals surface area contributed by atoms with Crippen LogP contribution in [0.25, 0.3) is 5.52 Å². The largest absolute Gasteiger partial charge is 0.490 e. The molecule has 0 radical (unpaired) electrons. The Kier molecular flexibility index (Phi) is 5.91. The van der Waals surface area contributed by atoms with Crippen molar-refractivity contribution in [3.8, 4) is 5.75 Å². The summed E-state index contributed by atoms with van der Waals surface area (Å²) in [5, 5.41) is 4.22. The minimum absolute atomic E-state index is 0.0480. The Morgan fingerprint density at radius 1 is 1.23 bits per heavy atom. The first kappa shape index (κ1) is 16.5. The molecular weight excluding hydrogens is 284 g/mol. The zero-order valence-electron chi connectivity index (χ0n) is 13.2. The highest BCUT2D eigenvalue weighted by atomic mass is 16.5. The number of ketones is 1. The number of nitrogens with zero attached hydrogens (tertiary/aromatic N) is 2. The van der Waals surface area contributed by atoms with Gasteiger partial charge in [-0.25, -0.2) is 4.52 Å². The Morgan fingerprint density at radius 3 is 2.73 bits per heavy atom. The van der Waals surface area contributed by atoms with E-state index in [0.29, 0.717) is 37.7 Å². The molecule has 120 valence electrons. The van der Waals surface area contributed by atoms with Gasteiger partial charge in [-0.2, -0.15) is 5.10 Å². The lowest BCUT2D eigenvalue weighted by atomic mass is 10.0. The van der Waals surface area contributed by atoms with Gasteiger partial charge in [0.15, 0.2) is 5.78 Å². The zero-order valence-corrected chi connectivity index (χ0v) is 13.2. The van der Waals surface area contributed by atoms with Crippen molar-refractivity contribution in [2.45, 2.75) is 13.8 Å². The van der Waals surface area contributed by atoms with Crippen molar-refractivity contribution in [2.75, 3.05) is 33.5 Å². The number of methoxy groups -OCH3 is 1. The summed E-state index contributed by atoms with van der Waals surface area (Å²) in [6.07, 6.45) is 3.37. The summed E-state index contributed by atoms with van der Waals surface area (Å²) in [7, 11) is 1.64. The van der Waals surface area contributed by atoms with Crippen LogP contribution in [0.2, 0.25) is 0 Å². The summed E-state index contributed by atoms with van der Waals surface area (Å²) in [4.78, 5) is 12.1. The van der Waals surface area contributed by atoms with Crippen LogP contribution in [-0.4, -0.2) is 48.9 Å². The molecule has 0 spiro atoms. The second kappa shape index (κ2) is 7.91. The zero-order chi connectivity index (χ0) is 15.9. The number of carbonyl (C=O) groups excluding carboxylic acids is 1. The molecule has 2 rings (SSSR count). The molecule has 0 aromatic carbocycles. The molecule has 0 atom stereocenters. The normalized spacial score (nSPS) is 11.3. The quantitative estimate of drug-likeness (QED) is 0.525. The first-order chi connectivity index (χ1) is 10.6. The van der Waals surface area contributed by atoms with Crippen LogP contribution >= 0.6 is 0 Å². The minimum atomic E-state index is -0.0480. The summed E-state index contributed by atoms with van der Waals surface area (Å²) in [6.45, 7) is 5.84. The van der Waals surface area contributed by atoms with Crippen molar-refractivity contribution >= 4 is 11.3 Å². The maximum atomic E-state index is 12.1. The van der Waals surface area contributed by atoms with Gasteiger partial charge in [0.25, 0.3) is 0 Å². The van der Waals surface area contributed by atoms with Crippen LogP contribution in [-0.2, 0) is 9.47 Å². The summed E-state index contributed by atoms with van der Waals surface area (Å²) in [5.74, 6) is 0.734. The first-order valence-electron chi connectivity index (χ1n) is 7.34. The van der Waals surface area contributed by atoms with E-state index in [0.717, 1.165) is 5.52 Å². The first-order valence-corrected chi connectivity index (χ1v) is 7.34. The van der Waals surface area contributed by atoms with Crippen LogP contribution in [0.3, 0.4) is 0 Å². The lowest BCUT2D eigenvalue weighted by molar-refractivity contribution is 0.0543. The van der Waals surface area contributed by atoms with E-state index in [1.54, 1.807) is 24.0 Å². The Morgan fingerprint density at radius 2 is 2.00 bits per heavy atom. The summed E-state index contributed by atoms with van der Waals surface area (Å²) < 4.78 is 17.5. The fraction of sp³-hybridized carbons (Fsp3) is 0.500. The van der Waals surface area contributed by atoms with Crippen LogP contribution < -0.4 is 4.74 Å². The third kappa shape index (κ3) is 4.05. The van der Waals surface area contributed by atoms with Gasteiger partial charge in [0.1, 0.15) is 12.4 Å². The van der Waals surface area contributed by atoms with Crippen molar-refractivity contribution in [3.63, 3.8) is 0 Å². The predicted molar refractivity (Wildman–Crippen MR) is 82.6 cm³/mol. The summed E-state index contributed by atoms with van der Waals surface area (Å²) in [5.41, 5.74) is 1.44. The van der Waals surface area contributed by atoms with Crippen molar-refractivity contribution in [3.05, 3.63) is 30.1 Å². The SMILES string of the molecule is COCCOCCOc1ccc2c(C(=O)C(C)C)cnn2c1. The predicted octanol–water partition coefficient (Wildman–Crippen LogP) is 2.21. The highest BCUT2D eigenvalue weighted by Gasteiger charge is 2.15. The fourth-order valence-electron chi connectivity index (χ4n) is 2.01. The lowest BCUT2D eigenvalue weighted by Crippen LogP contribution is -2.10. The Bertz CT molecular complexity index is 622. The van der Waals surface area contributed by atoms with Gasteiger partial charge in [-0.3, -0.25) is 4.79 Å². The van der Waals surface area contributed by atoms with Crippen LogP contribution in [0.15, 0.2) is 24.5 Å². The molecule has 0 fully saturated rings. The van der Waals surface area contributed by atoms with Gasteiger partial charge < -0.3 is 14.2 Å². The van der Waals surface area contributed by atoms with E-state index in [1.165, 1.54) is 0 Å². The molecule has 0 amide bonds. The highest BCUT2D eigenvalue weighted by molar-refractivity contribution is 6.03. The standard InChI is InChI=1S/C16H22N2O4/c1-12(2)16(19)14-10-17-18-11-13(4-5-15(14)18)22-9-8-21-7-6-20-3/h4-5,10-12H,6-9H2,1-3H3. The van der Waals surface area contributed by atoms with E-state index in [2.05, 4.69) is 5.10 Å². The number of Topliss-reactive ketones (excluding diaryl/α,β-unsaturated/α-hetero) is 1. The number of hydrogen-bond donors (Lipinski definition) is 0. The number of ether oxygens (including phenoxy) is 3. The molecule has 0 unspecified atom stereocenters. The maximum absolute atomic E-state index is 12.1. The molecule has 0 N–H and O–H groups in total. The number of rotatable bonds is 9. The fourth-order valence-corrected chi connectivity index (χ4v) is 2.01. The molecule has 0 aliphatic rings. The minimum Gasteiger partial charge on any atom is -0.490 e. The van der Waals surface area contributed by atoms with E-state index < -0.39 is 0 Å². The Hall–Kier alpha value is -1.92. The van der Waals surface area contributed by atoms with E-state index >= 15 is 0 Å². The molecule has 0 aliphatic carbocycles. The average Bonchev–Trinajstić information content (AvgIpc) is 2.93. The summed E-state index contributed by atoms with van der Waals surface area (Å²) >= 11 is 0. The second-order valence-corrected chi connectivity index (χ2v) is 5.23. The molecule has 6 heteroatoms. The van der Waals surface area contributed by atoms with Gasteiger partial charge in [-0.15, -0.1) is 0 Å². The molecule has 2 aromatic heterocycles. The smallest absolute Gasteiger partial charge is 0.169 e. The van der Waals surface area contributed by atoms with E-state index in [4.69, 9.17) is 14.2 Å². The van der Waals surface area contributed by atoms with Crippen LogP contribution in [0, 0.1) is 5.92 Å². The van der Waals surface area contributed by atoms with Crippen molar-refractivity contribution in [1.29, 1.82) is 0 Å². The Labute approximate surface area is 130 Å². The number of fused-ring (bicyclic) bond motifs is 1. The third-order valence-corrected chi connectivity index (χ3v) is 3.21. The molecule has 0 saturated heterocycles. The molecule has 0 aliphatic heterocycles. The van der Waals surface area contributed by atoms with Crippen molar-refractivity contribution in [1.82, 2.24) is 9.61 Å². The monoisotopic (exact) mass is 306 g/mol. The van der Waals surface area contributed by atoms with Crippen LogP contribution in [0.4, 0.5) is 0 Å². The molecule has 22 heavy (non-hydrogen) atoms. The highest BCUT2D eigenvalue weighted by Crippen LogP contribution is 2.19. The number of pyridine rings is 1. The van der Waals surface area contributed by atoms with Gasteiger partial charge >= 0.3 is 0 Å².